The lowest BCUT2D eigenvalue weighted by Crippen LogP contribution is -2.15. The second-order valence-corrected chi connectivity index (χ2v) is 5.55. The molecule has 0 bridgehead atoms. The average molecular weight is 322 g/mol. The van der Waals surface area contributed by atoms with E-state index in [4.69, 9.17) is 5.73 Å². The largest absolute Gasteiger partial charge is 0.330 e. The Morgan fingerprint density at radius 3 is 2.47 bits per heavy atom. The Hall–Kier alpha value is -1.19. The quantitative estimate of drug-likeness (QED) is 0.898. The van der Waals surface area contributed by atoms with Crippen LogP contribution < -0.4 is 5.73 Å². The van der Waals surface area contributed by atoms with Gasteiger partial charge in [-0.05, 0) is 53.0 Å². The number of benzene rings is 2. The zero-order valence-corrected chi connectivity index (χ0v) is 12.5. The number of hydrogen-bond donors (Lipinski definition) is 1. The van der Waals surface area contributed by atoms with Crippen LogP contribution in [-0.2, 0) is 6.42 Å². The van der Waals surface area contributed by atoms with Gasteiger partial charge in [-0.1, -0.05) is 42.0 Å². The van der Waals surface area contributed by atoms with E-state index in [9.17, 15) is 4.39 Å². The van der Waals surface area contributed by atoms with Crippen molar-refractivity contribution < 1.29 is 4.39 Å². The van der Waals surface area contributed by atoms with Gasteiger partial charge in [0.1, 0.15) is 5.82 Å². The Morgan fingerprint density at radius 2 is 1.84 bits per heavy atom. The molecule has 2 aromatic carbocycles. The normalized spacial score (nSPS) is 12.4. The second kappa shape index (κ2) is 6.31. The minimum absolute atomic E-state index is 0.207. The Balaban J connectivity index is 2.24. The molecule has 0 aliphatic carbocycles. The molecule has 0 amide bonds. The van der Waals surface area contributed by atoms with Crippen molar-refractivity contribution in [2.24, 2.45) is 5.73 Å². The van der Waals surface area contributed by atoms with Crippen LogP contribution in [0.4, 0.5) is 4.39 Å². The Kier molecular flexibility index (Phi) is 4.72. The molecule has 1 nitrogen and oxygen atoms in total. The summed E-state index contributed by atoms with van der Waals surface area (Å²) in [6.45, 7) is 2.61. The van der Waals surface area contributed by atoms with Crippen molar-refractivity contribution in [1.82, 2.24) is 0 Å². The Bertz CT molecular complexity index is 551. The van der Waals surface area contributed by atoms with Gasteiger partial charge < -0.3 is 5.73 Å². The fourth-order valence-electron chi connectivity index (χ4n) is 2.15. The van der Waals surface area contributed by atoms with Crippen molar-refractivity contribution in [3.63, 3.8) is 0 Å². The summed E-state index contributed by atoms with van der Waals surface area (Å²) in [6, 6.07) is 13.5. The van der Waals surface area contributed by atoms with Gasteiger partial charge in [-0.15, -0.1) is 0 Å². The topological polar surface area (TPSA) is 26.0 Å². The van der Waals surface area contributed by atoms with Crippen molar-refractivity contribution in [2.45, 2.75) is 19.3 Å². The van der Waals surface area contributed by atoms with Gasteiger partial charge in [0, 0.05) is 5.92 Å². The molecular formula is C16H17BrFN. The highest BCUT2D eigenvalue weighted by Crippen LogP contribution is 2.27. The van der Waals surface area contributed by atoms with Crippen molar-refractivity contribution >= 4 is 15.9 Å². The summed E-state index contributed by atoms with van der Waals surface area (Å²) in [4.78, 5) is 0. The minimum Gasteiger partial charge on any atom is -0.330 e. The number of halogens is 2. The van der Waals surface area contributed by atoms with Gasteiger partial charge in [-0.3, -0.25) is 0 Å². The molecule has 0 aromatic heterocycles. The van der Waals surface area contributed by atoms with Crippen LogP contribution in [0.25, 0.3) is 0 Å². The van der Waals surface area contributed by atoms with Gasteiger partial charge in [-0.25, -0.2) is 4.39 Å². The summed E-state index contributed by atoms with van der Waals surface area (Å²) >= 11 is 3.31. The van der Waals surface area contributed by atoms with E-state index in [0.717, 1.165) is 12.0 Å². The fraction of sp³-hybridized carbons (Fsp3) is 0.250. The summed E-state index contributed by atoms with van der Waals surface area (Å²) in [5.74, 6) is -0.0177. The lowest BCUT2D eigenvalue weighted by Gasteiger charge is -2.16. The summed E-state index contributed by atoms with van der Waals surface area (Å²) in [5, 5.41) is 0. The summed E-state index contributed by atoms with van der Waals surface area (Å²) < 4.78 is 14.1. The standard InChI is InChI=1S/C16H17BrFN/c1-11-5-7-12(8-6-11)14(10-19)9-13-3-2-4-15(18)16(13)17/h2-8,14H,9-10,19H2,1H3. The first kappa shape index (κ1) is 14.2. The molecule has 3 heteroatoms. The molecule has 100 valence electrons. The molecule has 0 radical (unpaired) electrons. The van der Waals surface area contributed by atoms with Crippen molar-refractivity contribution in [3.8, 4) is 0 Å². The van der Waals surface area contributed by atoms with E-state index in [1.807, 2.05) is 6.07 Å². The maximum absolute atomic E-state index is 13.5. The van der Waals surface area contributed by atoms with Gasteiger partial charge in [0.15, 0.2) is 0 Å². The smallest absolute Gasteiger partial charge is 0.137 e. The van der Waals surface area contributed by atoms with E-state index in [-0.39, 0.29) is 11.7 Å². The third-order valence-electron chi connectivity index (χ3n) is 3.33. The zero-order chi connectivity index (χ0) is 13.8. The van der Waals surface area contributed by atoms with E-state index in [1.165, 1.54) is 17.2 Å². The van der Waals surface area contributed by atoms with E-state index < -0.39 is 0 Å². The van der Waals surface area contributed by atoms with E-state index in [1.54, 1.807) is 6.07 Å². The van der Waals surface area contributed by atoms with Gasteiger partial charge in [0.05, 0.1) is 4.47 Å². The number of hydrogen-bond acceptors (Lipinski definition) is 1. The molecule has 2 N–H and O–H groups in total. The molecule has 19 heavy (non-hydrogen) atoms. The van der Waals surface area contributed by atoms with Crippen LogP contribution in [0.3, 0.4) is 0 Å². The highest BCUT2D eigenvalue weighted by Gasteiger charge is 2.14. The second-order valence-electron chi connectivity index (χ2n) is 4.76. The maximum atomic E-state index is 13.5. The number of aryl methyl sites for hydroxylation is 1. The van der Waals surface area contributed by atoms with E-state index >= 15 is 0 Å². The number of rotatable bonds is 4. The van der Waals surface area contributed by atoms with Crippen LogP contribution in [-0.4, -0.2) is 6.54 Å². The third-order valence-corrected chi connectivity index (χ3v) is 4.22. The third kappa shape index (κ3) is 3.43. The molecule has 1 atom stereocenters. The molecule has 1 unspecified atom stereocenters. The first-order valence-corrected chi connectivity index (χ1v) is 7.10. The monoisotopic (exact) mass is 321 g/mol. The van der Waals surface area contributed by atoms with Crippen LogP contribution in [0, 0.1) is 12.7 Å². The molecule has 2 rings (SSSR count). The Labute approximate surface area is 121 Å². The van der Waals surface area contributed by atoms with Crippen molar-refractivity contribution in [3.05, 3.63) is 69.4 Å². The fourth-order valence-corrected chi connectivity index (χ4v) is 2.57. The molecule has 0 aliphatic rings. The lowest BCUT2D eigenvalue weighted by molar-refractivity contribution is 0.613. The lowest BCUT2D eigenvalue weighted by atomic mass is 9.91. The molecule has 0 saturated carbocycles. The minimum atomic E-state index is -0.225. The predicted molar refractivity (Wildman–Crippen MR) is 80.8 cm³/mol. The highest BCUT2D eigenvalue weighted by molar-refractivity contribution is 9.10. The molecule has 2 aromatic rings. The van der Waals surface area contributed by atoms with Crippen molar-refractivity contribution in [1.29, 1.82) is 0 Å². The van der Waals surface area contributed by atoms with E-state index in [0.29, 0.717) is 11.0 Å². The van der Waals surface area contributed by atoms with Crippen molar-refractivity contribution in [2.75, 3.05) is 6.54 Å². The molecule has 0 heterocycles. The first-order chi connectivity index (χ1) is 9.11. The molecule has 0 saturated heterocycles. The molecule has 0 aliphatic heterocycles. The summed E-state index contributed by atoms with van der Waals surface area (Å²) in [5.41, 5.74) is 9.25. The molecule has 0 spiro atoms. The van der Waals surface area contributed by atoms with Gasteiger partial charge in [0.2, 0.25) is 0 Å². The molecular weight excluding hydrogens is 305 g/mol. The van der Waals surface area contributed by atoms with Crippen LogP contribution in [0.5, 0.6) is 0 Å². The van der Waals surface area contributed by atoms with Gasteiger partial charge in [-0.2, -0.15) is 0 Å². The van der Waals surface area contributed by atoms with Crippen LogP contribution in [0.1, 0.15) is 22.6 Å². The Morgan fingerprint density at radius 1 is 1.16 bits per heavy atom. The first-order valence-electron chi connectivity index (χ1n) is 6.31. The summed E-state index contributed by atoms with van der Waals surface area (Å²) in [7, 11) is 0. The average Bonchev–Trinajstić information content (AvgIpc) is 2.42. The molecule has 0 fully saturated rings. The van der Waals surface area contributed by atoms with Gasteiger partial charge in [0.25, 0.3) is 0 Å². The van der Waals surface area contributed by atoms with Crippen LogP contribution in [0.15, 0.2) is 46.9 Å². The summed E-state index contributed by atoms with van der Waals surface area (Å²) in [6.07, 6.45) is 0.734. The van der Waals surface area contributed by atoms with Crippen LogP contribution in [0.2, 0.25) is 0 Å². The van der Waals surface area contributed by atoms with Crippen LogP contribution >= 0.6 is 15.9 Å². The SMILES string of the molecule is Cc1ccc(C(CN)Cc2cccc(F)c2Br)cc1. The maximum Gasteiger partial charge on any atom is 0.137 e. The van der Waals surface area contributed by atoms with E-state index in [2.05, 4.69) is 47.1 Å². The highest BCUT2D eigenvalue weighted by atomic mass is 79.9. The predicted octanol–water partition coefficient (Wildman–Crippen LogP) is 4.18. The van der Waals surface area contributed by atoms with Gasteiger partial charge >= 0.3 is 0 Å². The number of nitrogens with two attached hydrogens (primary N) is 1. The zero-order valence-electron chi connectivity index (χ0n) is 10.9.